The van der Waals surface area contributed by atoms with E-state index in [9.17, 15) is 5.11 Å². The van der Waals surface area contributed by atoms with Gasteiger partial charge in [0.25, 0.3) is 0 Å². The van der Waals surface area contributed by atoms with Gasteiger partial charge < -0.3 is 9.84 Å². The standard InChI is InChI=1S/C18H22O2/c1-2-3-14-20-18(15-19,16-10-6-4-7-11-16)17-12-8-5-9-13-17/h4-13,19H,2-3,14-15H2,1H3. The van der Waals surface area contributed by atoms with E-state index in [0.717, 1.165) is 24.0 Å². The van der Waals surface area contributed by atoms with Crippen LogP contribution in [-0.2, 0) is 10.3 Å². The van der Waals surface area contributed by atoms with E-state index in [1.54, 1.807) is 0 Å². The van der Waals surface area contributed by atoms with E-state index in [2.05, 4.69) is 6.92 Å². The maximum Gasteiger partial charge on any atom is 0.141 e. The summed E-state index contributed by atoms with van der Waals surface area (Å²) in [5.41, 5.74) is 1.21. The third-order valence-electron chi connectivity index (χ3n) is 3.55. The summed E-state index contributed by atoms with van der Waals surface area (Å²) in [7, 11) is 0. The number of rotatable bonds is 7. The van der Waals surface area contributed by atoms with Crippen LogP contribution in [0.4, 0.5) is 0 Å². The average molecular weight is 270 g/mol. The lowest BCUT2D eigenvalue weighted by atomic mass is 9.86. The van der Waals surface area contributed by atoms with Crippen LogP contribution < -0.4 is 0 Å². The topological polar surface area (TPSA) is 29.5 Å². The zero-order valence-corrected chi connectivity index (χ0v) is 12.0. The molecule has 0 saturated carbocycles. The van der Waals surface area contributed by atoms with Crippen LogP contribution in [0.3, 0.4) is 0 Å². The van der Waals surface area contributed by atoms with Crippen molar-refractivity contribution in [2.45, 2.75) is 25.4 Å². The molecule has 0 fully saturated rings. The zero-order chi connectivity index (χ0) is 14.3. The lowest BCUT2D eigenvalue weighted by Crippen LogP contribution is -2.35. The van der Waals surface area contributed by atoms with Gasteiger partial charge in [-0.2, -0.15) is 0 Å². The van der Waals surface area contributed by atoms with Crippen molar-refractivity contribution < 1.29 is 9.84 Å². The molecule has 0 aromatic heterocycles. The van der Waals surface area contributed by atoms with Crippen LogP contribution in [0.2, 0.25) is 0 Å². The van der Waals surface area contributed by atoms with E-state index in [1.165, 1.54) is 0 Å². The molecule has 0 radical (unpaired) electrons. The predicted octanol–water partition coefficient (Wildman–Crippen LogP) is 3.74. The Morgan fingerprint density at radius 3 is 1.80 bits per heavy atom. The zero-order valence-electron chi connectivity index (χ0n) is 12.0. The molecule has 0 spiro atoms. The van der Waals surface area contributed by atoms with Crippen LogP contribution in [-0.4, -0.2) is 18.3 Å². The molecular formula is C18H22O2. The molecule has 0 aliphatic rings. The van der Waals surface area contributed by atoms with Gasteiger partial charge in [0.1, 0.15) is 5.60 Å². The highest BCUT2D eigenvalue weighted by Crippen LogP contribution is 2.33. The van der Waals surface area contributed by atoms with Crippen molar-refractivity contribution in [3.8, 4) is 0 Å². The van der Waals surface area contributed by atoms with Gasteiger partial charge in [0.2, 0.25) is 0 Å². The van der Waals surface area contributed by atoms with Crippen molar-refractivity contribution >= 4 is 0 Å². The number of aliphatic hydroxyl groups excluding tert-OH is 1. The molecule has 2 aromatic rings. The third kappa shape index (κ3) is 3.09. The summed E-state index contributed by atoms with van der Waals surface area (Å²) < 4.78 is 6.14. The molecule has 0 heterocycles. The van der Waals surface area contributed by atoms with Crippen LogP contribution in [0, 0.1) is 0 Å². The second-order valence-corrected chi connectivity index (χ2v) is 4.92. The van der Waals surface area contributed by atoms with Gasteiger partial charge in [-0.3, -0.25) is 0 Å². The monoisotopic (exact) mass is 270 g/mol. The number of aliphatic hydroxyl groups is 1. The smallest absolute Gasteiger partial charge is 0.141 e. The number of ether oxygens (including phenoxy) is 1. The molecule has 0 unspecified atom stereocenters. The molecule has 0 bridgehead atoms. The molecule has 0 aliphatic heterocycles. The van der Waals surface area contributed by atoms with Gasteiger partial charge >= 0.3 is 0 Å². The minimum atomic E-state index is -0.766. The Labute approximate surface area is 121 Å². The highest BCUT2D eigenvalue weighted by molar-refractivity contribution is 5.36. The summed E-state index contributed by atoms with van der Waals surface area (Å²) in [6.07, 6.45) is 2.06. The summed E-state index contributed by atoms with van der Waals surface area (Å²) in [6, 6.07) is 19.9. The van der Waals surface area contributed by atoms with Gasteiger partial charge in [0.05, 0.1) is 6.61 Å². The molecule has 1 N–H and O–H groups in total. The van der Waals surface area contributed by atoms with Crippen LogP contribution in [0.1, 0.15) is 30.9 Å². The van der Waals surface area contributed by atoms with Crippen LogP contribution in [0.5, 0.6) is 0 Å². The first-order valence-electron chi connectivity index (χ1n) is 7.19. The Kier molecular flexibility index (Phi) is 5.33. The SMILES string of the molecule is CCCCOC(CO)(c1ccccc1)c1ccccc1. The molecule has 2 heteroatoms. The summed E-state index contributed by atoms with van der Waals surface area (Å²) in [6.45, 7) is 2.71. The second kappa shape index (κ2) is 7.22. The van der Waals surface area contributed by atoms with Gasteiger partial charge in [-0.1, -0.05) is 74.0 Å². The van der Waals surface area contributed by atoms with Gasteiger partial charge in [-0.15, -0.1) is 0 Å². The van der Waals surface area contributed by atoms with Crippen molar-refractivity contribution in [1.82, 2.24) is 0 Å². The summed E-state index contributed by atoms with van der Waals surface area (Å²) >= 11 is 0. The first-order valence-corrected chi connectivity index (χ1v) is 7.19. The summed E-state index contributed by atoms with van der Waals surface area (Å²) in [4.78, 5) is 0. The average Bonchev–Trinajstić information content (AvgIpc) is 2.54. The van der Waals surface area contributed by atoms with Crippen LogP contribution in [0.25, 0.3) is 0 Å². The van der Waals surface area contributed by atoms with Crippen molar-refractivity contribution in [3.05, 3.63) is 71.8 Å². The molecule has 2 nitrogen and oxygen atoms in total. The van der Waals surface area contributed by atoms with E-state index in [1.807, 2.05) is 60.7 Å². The normalized spacial score (nSPS) is 11.5. The minimum absolute atomic E-state index is 0.0647. The molecule has 20 heavy (non-hydrogen) atoms. The summed E-state index contributed by atoms with van der Waals surface area (Å²) in [5, 5.41) is 10.1. The number of hydrogen-bond donors (Lipinski definition) is 1. The van der Waals surface area contributed by atoms with Crippen molar-refractivity contribution in [3.63, 3.8) is 0 Å². The van der Waals surface area contributed by atoms with E-state index >= 15 is 0 Å². The molecule has 0 atom stereocenters. The van der Waals surface area contributed by atoms with Crippen molar-refractivity contribution in [1.29, 1.82) is 0 Å². The number of unbranched alkanes of at least 4 members (excludes halogenated alkanes) is 1. The summed E-state index contributed by atoms with van der Waals surface area (Å²) in [5.74, 6) is 0. The number of benzene rings is 2. The lowest BCUT2D eigenvalue weighted by Gasteiger charge is -2.33. The maximum atomic E-state index is 10.1. The molecule has 2 rings (SSSR count). The number of hydrogen-bond acceptors (Lipinski definition) is 2. The highest BCUT2D eigenvalue weighted by Gasteiger charge is 2.34. The fraction of sp³-hybridized carbons (Fsp3) is 0.333. The molecular weight excluding hydrogens is 248 g/mol. The van der Waals surface area contributed by atoms with Gasteiger partial charge in [-0.05, 0) is 17.5 Å². The van der Waals surface area contributed by atoms with E-state index in [4.69, 9.17) is 4.74 Å². The van der Waals surface area contributed by atoms with Crippen molar-refractivity contribution in [2.75, 3.05) is 13.2 Å². The molecule has 0 saturated heterocycles. The third-order valence-corrected chi connectivity index (χ3v) is 3.55. The largest absolute Gasteiger partial charge is 0.393 e. The van der Waals surface area contributed by atoms with Gasteiger partial charge in [0.15, 0.2) is 0 Å². The van der Waals surface area contributed by atoms with E-state index in [-0.39, 0.29) is 6.61 Å². The predicted molar refractivity (Wildman–Crippen MR) is 81.6 cm³/mol. The highest BCUT2D eigenvalue weighted by atomic mass is 16.5. The minimum Gasteiger partial charge on any atom is -0.393 e. The second-order valence-electron chi connectivity index (χ2n) is 4.92. The molecule has 0 aliphatic carbocycles. The van der Waals surface area contributed by atoms with Crippen LogP contribution in [0.15, 0.2) is 60.7 Å². The lowest BCUT2D eigenvalue weighted by molar-refractivity contribution is -0.0564. The Morgan fingerprint density at radius 1 is 0.900 bits per heavy atom. The Balaban J connectivity index is 2.41. The van der Waals surface area contributed by atoms with Gasteiger partial charge in [-0.25, -0.2) is 0 Å². The fourth-order valence-electron chi connectivity index (χ4n) is 2.37. The maximum absolute atomic E-state index is 10.1. The molecule has 0 amide bonds. The first kappa shape index (κ1) is 14.8. The molecule has 2 aromatic carbocycles. The molecule has 106 valence electrons. The quantitative estimate of drug-likeness (QED) is 0.777. The van der Waals surface area contributed by atoms with E-state index in [0.29, 0.717) is 6.61 Å². The fourth-order valence-corrected chi connectivity index (χ4v) is 2.37. The van der Waals surface area contributed by atoms with Crippen LogP contribution >= 0.6 is 0 Å². The Hall–Kier alpha value is -1.64. The van der Waals surface area contributed by atoms with E-state index < -0.39 is 5.60 Å². The Bertz CT molecular complexity index is 454. The van der Waals surface area contributed by atoms with Crippen molar-refractivity contribution in [2.24, 2.45) is 0 Å². The van der Waals surface area contributed by atoms with Gasteiger partial charge in [0, 0.05) is 6.61 Å². The Morgan fingerprint density at radius 2 is 1.40 bits per heavy atom. The first-order chi connectivity index (χ1) is 9.83.